The highest BCUT2D eigenvalue weighted by atomic mass is 16.2. The van der Waals surface area contributed by atoms with Crippen LogP contribution in [0.3, 0.4) is 0 Å². The van der Waals surface area contributed by atoms with Crippen LogP contribution in [0.2, 0.25) is 0 Å². The fourth-order valence-electron chi connectivity index (χ4n) is 3.39. The Morgan fingerprint density at radius 2 is 1.63 bits per heavy atom. The summed E-state index contributed by atoms with van der Waals surface area (Å²) in [5.74, 6) is 0.364. The van der Waals surface area contributed by atoms with Crippen LogP contribution in [0.15, 0.2) is 67.0 Å². The van der Waals surface area contributed by atoms with Crippen LogP contribution in [0.5, 0.6) is 0 Å². The summed E-state index contributed by atoms with van der Waals surface area (Å²) in [5, 5.41) is 11.9. The van der Waals surface area contributed by atoms with Crippen molar-refractivity contribution in [3.05, 3.63) is 83.7 Å². The van der Waals surface area contributed by atoms with E-state index in [-0.39, 0.29) is 5.91 Å². The van der Waals surface area contributed by atoms with E-state index in [1.54, 1.807) is 36.7 Å². The van der Waals surface area contributed by atoms with Gasteiger partial charge in [0.15, 0.2) is 0 Å². The van der Waals surface area contributed by atoms with E-state index in [2.05, 4.69) is 50.5 Å². The number of nitrogens with zero attached hydrogens (tertiary/aromatic N) is 5. The third kappa shape index (κ3) is 4.80. The highest BCUT2D eigenvalue weighted by molar-refractivity contribution is 5.93. The summed E-state index contributed by atoms with van der Waals surface area (Å²) in [6.07, 6.45) is 3.11. The van der Waals surface area contributed by atoms with Crippen molar-refractivity contribution in [1.29, 1.82) is 5.26 Å². The zero-order valence-electron chi connectivity index (χ0n) is 16.5. The molecule has 1 aromatic heterocycles. The van der Waals surface area contributed by atoms with Crippen molar-refractivity contribution < 1.29 is 4.79 Å². The summed E-state index contributed by atoms with van der Waals surface area (Å²) in [6.45, 7) is 3.98. The van der Waals surface area contributed by atoms with Crippen molar-refractivity contribution in [2.45, 2.75) is 6.54 Å². The molecule has 150 valence electrons. The minimum atomic E-state index is -0.0423. The molecule has 7 heteroatoms. The molecule has 1 fully saturated rings. The molecule has 1 aliphatic heterocycles. The van der Waals surface area contributed by atoms with E-state index >= 15 is 0 Å². The lowest BCUT2D eigenvalue weighted by Crippen LogP contribution is -2.48. The quantitative estimate of drug-likeness (QED) is 0.711. The van der Waals surface area contributed by atoms with E-state index in [0.717, 1.165) is 25.3 Å². The predicted octanol–water partition coefficient (Wildman–Crippen LogP) is 3.05. The molecule has 30 heavy (non-hydrogen) atoms. The molecule has 4 rings (SSSR count). The standard InChI is InChI=1S/C23H22N6O/c24-14-18-6-8-21(9-7-18)27-23-25-15-20(16-26-23)22(30)29-12-10-28(11-13-29)17-19-4-2-1-3-5-19/h1-9,15-16H,10-13,17H2,(H,25,26,27). The summed E-state index contributed by atoms with van der Waals surface area (Å²) in [4.78, 5) is 25.5. The van der Waals surface area contributed by atoms with Gasteiger partial charge in [-0.15, -0.1) is 0 Å². The average molecular weight is 398 g/mol. The van der Waals surface area contributed by atoms with Crippen LogP contribution in [-0.2, 0) is 6.54 Å². The lowest BCUT2D eigenvalue weighted by molar-refractivity contribution is 0.0627. The van der Waals surface area contributed by atoms with Crippen molar-refractivity contribution in [2.75, 3.05) is 31.5 Å². The van der Waals surface area contributed by atoms with Crippen LogP contribution < -0.4 is 5.32 Å². The molecular formula is C23H22N6O. The zero-order chi connectivity index (χ0) is 20.8. The van der Waals surface area contributed by atoms with Gasteiger partial charge in [0.25, 0.3) is 5.91 Å². The second-order valence-corrected chi connectivity index (χ2v) is 7.16. The molecule has 0 aliphatic carbocycles. The number of anilines is 2. The van der Waals surface area contributed by atoms with Gasteiger partial charge in [-0.3, -0.25) is 9.69 Å². The smallest absolute Gasteiger partial charge is 0.257 e. The van der Waals surface area contributed by atoms with Crippen LogP contribution in [0, 0.1) is 11.3 Å². The maximum absolute atomic E-state index is 12.8. The number of carbonyl (C=O) groups excluding carboxylic acids is 1. The zero-order valence-corrected chi connectivity index (χ0v) is 16.5. The number of benzene rings is 2. The van der Waals surface area contributed by atoms with Gasteiger partial charge < -0.3 is 10.2 Å². The predicted molar refractivity (Wildman–Crippen MR) is 114 cm³/mol. The summed E-state index contributed by atoms with van der Waals surface area (Å²) in [7, 11) is 0. The van der Waals surface area contributed by atoms with Crippen LogP contribution in [-0.4, -0.2) is 51.9 Å². The fraction of sp³-hybridized carbons (Fsp3) is 0.217. The maximum Gasteiger partial charge on any atom is 0.257 e. The second kappa shape index (κ2) is 9.16. The molecule has 2 heterocycles. The van der Waals surface area contributed by atoms with Gasteiger partial charge in [0.05, 0.1) is 17.2 Å². The Kier molecular flexibility index (Phi) is 5.97. The molecule has 0 bridgehead atoms. The number of nitriles is 1. The monoisotopic (exact) mass is 398 g/mol. The van der Waals surface area contributed by atoms with Gasteiger partial charge in [0.1, 0.15) is 0 Å². The van der Waals surface area contributed by atoms with Crippen molar-refractivity contribution in [3.8, 4) is 6.07 Å². The molecule has 0 atom stereocenters. The number of carbonyl (C=O) groups is 1. The van der Waals surface area contributed by atoms with Crippen molar-refractivity contribution in [3.63, 3.8) is 0 Å². The average Bonchev–Trinajstić information content (AvgIpc) is 2.81. The van der Waals surface area contributed by atoms with Gasteiger partial charge in [-0.25, -0.2) is 9.97 Å². The van der Waals surface area contributed by atoms with Gasteiger partial charge in [-0.2, -0.15) is 5.26 Å². The Morgan fingerprint density at radius 3 is 2.27 bits per heavy atom. The van der Waals surface area contributed by atoms with Crippen LogP contribution >= 0.6 is 0 Å². The topological polar surface area (TPSA) is 85.1 Å². The third-order valence-electron chi connectivity index (χ3n) is 5.08. The number of nitrogens with one attached hydrogen (secondary N) is 1. The summed E-state index contributed by atoms with van der Waals surface area (Å²) in [6, 6.07) is 19.5. The molecular weight excluding hydrogens is 376 g/mol. The molecule has 2 aromatic carbocycles. The molecule has 0 radical (unpaired) electrons. The Labute approximate surface area is 175 Å². The normalized spacial score (nSPS) is 14.2. The Bertz CT molecular complexity index is 1020. The molecule has 3 aromatic rings. The lowest BCUT2D eigenvalue weighted by atomic mass is 10.2. The van der Waals surface area contributed by atoms with Crippen LogP contribution in [0.4, 0.5) is 11.6 Å². The van der Waals surface area contributed by atoms with Crippen LogP contribution in [0.25, 0.3) is 0 Å². The Morgan fingerprint density at radius 1 is 0.967 bits per heavy atom. The van der Waals surface area contributed by atoms with Gasteiger partial charge in [-0.1, -0.05) is 30.3 Å². The first kappa shape index (κ1) is 19.6. The van der Waals surface area contributed by atoms with Crippen molar-refractivity contribution in [1.82, 2.24) is 19.8 Å². The van der Waals surface area contributed by atoms with E-state index in [1.807, 2.05) is 11.0 Å². The van der Waals surface area contributed by atoms with Gasteiger partial charge in [-0.05, 0) is 29.8 Å². The van der Waals surface area contributed by atoms with Crippen molar-refractivity contribution in [2.24, 2.45) is 0 Å². The number of hydrogen-bond donors (Lipinski definition) is 1. The first-order chi connectivity index (χ1) is 14.7. The molecule has 1 amide bonds. The SMILES string of the molecule is N#Cc1ccc(Nc2ncc(C(=O)N3CCN(Cc4ccccc4)CC3)cn2)cc1. The maximum atomic E-state index is 12.8. The molecule has 1 saturated heterocycles. The van der Waals surface area contributed by atoms with E-state index in [0.29, 0.717) is 30.2 Å². The number of piperazine rings is 1. The molecule has 1 N–H and O–H groups in total. The van der Waals surface area contributed by atoms with Gasteiger partial charge in [0.2, 0.25) is 5.95 Å². The summed E-state index contributed by atoms with van der Waals surface area (Å²) < 4.78 is 0. The first-order valence-electron chi connectivity index (χ1n) is 9.86. The Balaban J connectivity index is 1.31. The Hall–Kier alpha value is -3.76. The molecule has 7 nitrogen and oxygen atoms in total. The summed E-state index contributed by atoms with van der Waals surface area (Å²) >= 11 is 0. The van der Waals surface area contributed by atoms with Gasteiger partial charge >= 0.3 is 0 Å². The number of amides is 1. The van der Waals surface area contributed by atoms with Gasteiger partial charge in [0, 0.05) is 50.8 Å². The van der Waals surface area contributed by atoms with Crippen LogP contribution in [0.1, 0.15) is 21.5 Å². The molecule has 0 saturated carbocycles. The van der Waals surface area contributed by atoms with E-state index < -0.39 is 0 Å². The molecule has 0 unspecified atom stereocenters. The minimum absolute atomic E-state index is 0.0423. The number of aromatic nitrogens is 2. The largest absolute Gasteiger partial charge is 0.336 e. The number of rotatable bonds is 5. The summed E-state index contributed by atoms with van der Waals surface area (Å²) in [5.41, 5.74) is 3.14. The minimum Gasteiger partial charge on any atom is -0.336 e. The van der Waals surface area contributed by atoms with E-state index in [4.69, 9.17) is 5.26 Å². The second-order valence-electron chi connectivity index (χ2n) is 7.16. The highest BCUT2D eigenvalue weighted by Crippen LogP contribution is 2.15. The third-order valence-corrected chi connectivity index (χ3v) is 5.08. The molecule has 0 spiro atoms. The van der Waals surface area contributed by atoms with Crippen molar-refractivity contribution >= 4 is 17.5 Å². The molecule has 1 aliphatic rings. The lowest BCUT2D eigenvalue weighted by Gasteiger charge is -2.34. The number of hydrogen-bond acceptors (Lipinski definition) is 6. The van der Waals surface area contributed by atoms with E-state index in [1.165, 1.54) is 5.56 Å². The first-order valence-corrected chi connectivity index (χ1v) is 9.86. The highest BCUT2D eigenvalue weighted by Gasteiger charge is 2.22. The fourth-order valence-corrected chi connectivity index (χ4v) is 3.39. The van der Waals surface area contributed by atoms with E-state index in [9.17, 15) is 4.79 Å².